The predicted octanol–water partition coefficient (Wildman–Crippen LogP) is 11.0. The Hall–Kier alpha value is -6.37. The van der Waals surface area contributed by atoms with Crippen molar-refractivity contribution in [3.05, 3.63) is 164 Å². The Balaban J connectivity index is 1.15. The van der Waals surface area contributed by atoms with Crippen LogP contribution in [0.25, 0.3) is 88.2 Å². The summed E-state index contributed by atoms with van der Waals surface area (Å²) in [6, 6.07) is 55.7. The van der Waals surface area contributed by atoms with E-state index in [4.69, 9.17) is 24.9 Å². The first-order valence-electron chi connectivity index (χ1n) is 16.1. The molecule has 0 aliphatic rings. The molecular formula is C43H27N5S. The van der Waals surface area contributed by atoms with E-state index in [1.54, 1.807) is 11.3 Å². The number of hydrogen-bond donors (Lipinski definition) is 0. The summed E-state index contributed by atoms with van der Waals surface area (Å²) in [5.41, 5.74) is 8.86. The van der Waals surface area contributed by atoms with Crippen molar-refractivity contribution in [1.82, 2.24) is 24.9 Å². The molecule has 0 radical (unpaired) electrons. The standard InChI is InChI=1S/C43H27N5S/c1-4-14-28(15-5-1)37-39-38(35-24-10-11-25-36(35)49-39)45-42(44-37)33-22-12-20-31(26-33)32-21-13-23-34(27-32)43-47-40(29-16-6-2-7-17-29)46-41(48-43)30-18-8-3-9-19-30/h1-27H. The molecule has 0 fully saturated rings. The Morgan fingerprint density at radius 2 is 0.755 bits per heavy atom. The highest BCUT2D eigenvalue weighted by molar-refractivity contribution is 7.26. The molecule has 0 aliphatic heterocycles. The lowest BCUT2D eigenvalue weighted by atomic mass is 10.00. The van der Waals surface area contributed by atoms with Gasteiger partial charge in [0.1, 0.15) is 0 Å². The van der Waals surface area contributed by atoms with E-state index >= 15 is 0 Å². The number of hydrogen-bond acceptors (Lipinski definition) is 6. The fraction of sp³-hybridized carbons (Fsp3) is 0. The third-order valence-corrected chi connectivity index (χ3v) is 9.71. The Morgan fingerprint density at radius 1 is 0.327 bits per heavy atom. The van der Waals surface area contributed by atoms with Gasteiger partial charge in [-0.1, -0.05) is 146 Å². The lowest BCUT2D eigenvalue weighted by Gasteiger charge is -2.11. The van der Waals surface area contributed by atoms with Crippen LogP contribution in [0.1, 0.15) is 0 Å². The van der Waals surface area contributed by atoms with E-state index in [2.05, 4.69) is 97.1 Å². The molecule has 0 N–H and O–H groups in total. The van der Waals surface area contributed by atoms with Crippen molar-refractivity contribution in [2.45, 2.75) is 0 Å². The molecule has 3 heterocycles. The zero-order chi connectivity index (χ0) is 32.6. The van der Waals surface area contributed by atoms with Gasteiger partial charge in [0.25, 0.3) is 0 Å². The minimum atomic E-state index is 0.622. The van der Waals surface area contributed by atoms with Gasteiger partial charge in [0.05, 0.1) is 15.9 Å². The third-order valence-electron chi connectivity index (χ3n) is 8.54. The Bertz CT molecular complexity index is 2540. The summed E-state index contributed by atoms with van der Waals surface area (Å²) in [5, 5.41) is 1.15. The van der Waals surface area contributed by atoms with Crippen LogP contribution in [0, 0.1) is 0 Å². The first-order valence-corrected chi connectivity index (χ1v) is 16.9. The molecule has 0 bridgehead atoms. The van der Waals surface area contributed by atoms with Gasteiger partial charge in [0.15, 0.2) is 23.3 Å². The van der Waals surface area contributed by atoms with Gasteiger partial charge < -0.3 is 0 Å². The number of aromatic nitrogens is 5. The number of nitrogens with zero attached hydrogens (tertiary/aromatic N) is 5. The van der Waals surface area contributed by atoms with Gasteiger partial charge in [0, 0.05) is 37.9 Å². The van der Waals surface area contributed by atoms with Gasteiger partial charge in [-0.3, -0.25) is 0 Å². The van der Waals surface area contributed by atoms with Gasteiger partial charge in [-0.25, -0.2) is 24.9 Å². The minimum absolute atomic E-state index is 0.622. The summed E-state index contributed by atoms with van der Waals surface area (Å²) >= 11 is 1.74. The maximum Gasteiger partial charge on any atom is 0.164 e. The molecule has 49 heavy (non-hydrogen) atoms. The molecule has 6 aromatic carbocycles. The number of rotatable bonds is 6. The average molecular weight is 646 g/mol. The normalized spacial score (nSPS) is 11.3. The molecule has 9 aromatic rings. The minimum Gasteiger partial charge on any atom is -0.226 e. The fourth-order valence-corrected chi connectivity index (χ4v) is 7.28. The third kappa shape index (κ3) is 5.54. The zero-order valence-corrected chi connectivity index (χ0v) is 27.0. The Kier molecular flexibility index (Phi) is 7.26. The molecule has 0 aliphatic carbocycles. The monoisotopic (exact) mass is 645 g/mol. The second-order valence-corrected chi connectivity index (χ2v) is 12.8. The second kappa shape index (κ2) is 12.3. The van der Waals surface area contributed by atoms with Gasteiger partial charge in [-0.15, -0.1) is 11.3 Å². The summed E-state index contributed by atoms with van der Waals surface area (Å²) in [7, 11) is 0. The molecule has 6 heteroatoms. The van der Waals surface area contributed by atoms with E-state index < -0.39 is 0 Å². The summed E-state index contributed by atoms with van der Waals surface area (Å²) in [6.07, 6.45) is 0. The largest absolute Gasteiger partial charge is 0.226 e. The van der Waals surface area contributed by atoms with Crippen LogP contribution in [0.15, 0.2) is 164 Å². The van der Waals surface area contributed by atoms with Crippen LogP contribution >= 0.6 is 11.3 Å². The topological polar surface area (TPSA) is 64.5 Å². The molecule has 3 aromatic heterocycles. The molecule has 0 unspecified atom stereocenters. The SMILES string of the molecule is c1ccc(-c2nc(-c3ccccc3)nc(-c3cccc(-c4cccc(-c5nc(-c6ccccc6)c6sc7ccccc7c6n5)c4)c3)n2)cc1. The molecule has 0 atom stereocenters. The maximum absolute atomic E-state index is 5.19. The van der Waals surface area contributed by atoms with Gasteiger partial charge in [0.2, 0.25) is 0 Å². The number of fused-ring (bicyclic) bond motifs is 3. The van der Waals surface area contributed by atoms with Crippen LogP contribution in [0.3, 0.4) is 0 Å². The van der Waals surface area contributed by atoms with Gasteiger partial charge in [-0.2, -0.15) is 0 Å². The van der Waals surface area contributed by atoms with Crippen molar-refractivity contribution in [2.24, 2.45) is 0 Å². The van der Waals surface area contributed by atoms with Crippen LogP contribution < -0.4 is 0 Å². The highest BCUT2D eigenvalue weighted by Crippen LogP contribution is 2.39. The quantitative estimate of drug-likeness (QED) is 0.180. The molecule has 9 rings (SSSR count). The highest BCUT2D eigenvalue weighted by atomic mass is 32.1. The van der Waals surface area contributed by atoms with Crippen LogP contribution in [-0.4, -0.2) is 24.9 Å². The maximum atomic E-state index is 5.19. The molecule has 0 amide bonds. The molecular weight excluding hydrogens is 619 g/mol. The van der Waals surface area contributed by atoms with Crippen LogP contribution in [0.2, 0.25) is 0 Å². The molecule has 0 spiro atoms. The lowest BCUT2D eigenvalue weighted by Crippen LogP contribution is -2.00. The van der Waals surface area contributed by atoms with E-state index in [0.29, 0.717) is 23.3 Å². The van der Waals surface area contributed by atoms with Crippen molar-refractivity contribution in [3.8, 4) is 67.9 Å². The van der Waals surface area contributed by atoms with E-state index in [1.807, 2.05) is 66.7 Å². The summed E-state index contributed by atoms with van der Waals surface area (Å²) in [4.78, 5) is 25.1. The first kappa shape index (κ1) is 28.8. The summed E-state index contributed by atoms with van der Waals surface area (Å²) < 4.78 is 2.30. The van der Waals surface area contributed by atoms with E-state index in [1.165, 1.54) is 4.70 Å². The van der Waals surface area contributed by atoms with Gasteiger partial charge in [-0.05, 0) is 29.3 Å². The molecule has 0 saturated heterocycles. The molecule has 5 nitrogen and oxygen atoms in total. The molecule has 0 saturated carbocycles. The van der Waals surface area contributed by atoms with Crippen molar-refractivity contribution >= 4 is 31.6 Å². The van der Waals surface area contributed by atoms with E-state index in [-0.39, 0.29) is 0 Å². The Morgan fingerprint density at radius 3 is 1.33 bits per heavy atom. The van der Waals surface area contributed by atoms with Crippen molar-refractivity contribution in [2.75, 3.05) is 0 Å². The van der Waals surface area contributed by atoms with Crippen LogP contribution in [-0.2, 0) is 0 Å². The number of thiophene rings is 1. The smallest absolute Gasteiger partial charge is 0.164 e. The van der Waals surface area contributed by atoms with Crippen LogP contribution in [0.5, 0.6) is 0 Å². The molecule has 230 valence electrons. The van der Waals surface area contributed by atoms with E-state index in [0.717, 1.165) is 60.2 Å². The Labute approximate surface area is 287 Å². The first-order chi connectivity index (χ1) is 24.3. The van der Waals surface area contributed by atoms with E-state index in [9.17, 15) is 0 Å². The highest BCUT2D eigenvalue weighted by Gasteiger charge is 2.17. The second-order valence-electron chi connectivity index (χ2n) is 11.7. The van der Waals surface area contributed by atoms with Crippen molar-refractivity contribution in [3.63, 3.8) is 0 Å². The zero-order valence-electron chi connectivity index (χ0n) is 26.2. The fourth-order valence-electron chi connectivity index (χ4n) is 6.13. The lowest BCUT2D eigenvalue weighted by molar-refractivity contribution is 1.07. The summed E-state index contributed by atoms with van der Waals surface area (Å²) in [5.74, 6) is 2.60. The predicted molar refractivity (Wildman–Crippen MR) is 201 cm³/mol. The van der Waals surface area contributed by atoms with Gasteiger partial charge >= 0.3 is 0 Å². The number of benzene rings is 6. The van der Waals surface area contributed by atoms with Crippen LogP contribution in [0.4, 0.5) is 0 Å². The van der Waals surface area contributed by atoms with Crippen molar-refractivity contribution < 1.29 is 0 Å². The summed E-state index contributed by atoms with van der Waals surface area (Å²) in [6.45, 7) is 0. The van der Waals surface area contributed by atoms with Crippen molar-refractivity contribution in [1.29, 1.82) is 0 Å². The average Bonchev–Trinajstić information content (AvgIpc) is 3.57.